The molecule has 12 heteroatoms. The third-order valence-electron chi connectivity index (χ3n) is 4.11. The van der Waals surface area contributed by atoms with Crippen molar-refractivity contribution in [2.75, 3.05) is 18.9 Å². The highest BCUT2D eigenvalue weighted by molar-refractivity contribution is 7.89. The molecule has 1 unspecified atom stereocenters. The number of likely N-dealkylation sites (N-methyl/N-ethyl adjacent to an activating group) is 1. The third kappa shape index (κ3) is 7.24. The highest BCUT2D eigenvalue weighted by atomic mass is 32.2. The van der Waals surface area contributed by atoms with Crippen LogP contribution in [-0.2, 0) is 24.3 Å². The van der Waals surface area contributed by atoms with E-state index in [0.717, 1.165) is 22.0 Å². The highest BCUT2D eigenvalue weighted by Gasteiger charge is 2.31. The Hall–Kier alpha value is -3.12. The Kier molecular flexibility index (Phi) is 7.86. The van der Waals surface area contributed by atoms with Crippen molar-refractivity contribution in [1.82, 2.24) is 4.31 Å². The Labute approximate surface area is 183 Å². The van der Waals surface area contributed by atoms with Crippen LogP contribution in [0, 0.1) is 6.92 Å². The number of ether oxygens (including phenoxy) is 2. The molecule has 1 N–H and O–H groups in total. The van der Waals surface area contributed by atoms with Crippen molar-refractivity contribution in [1.29, 1.82) is 0 Å². The molecule has 0 aliphatic carbocycles. The van der Waals surface area contributed by atoms with Gasteiger partial charge in [-0.05, 0) is 50.2 Å². The van der Waals surface area contributed by atoms with Gasteiger partial charge in [-0.25, -0.2) is 8.42 Å². The topological polar surface area (TPSA) is 102 Å². The number of carbonyl (C=O) groups excluding carboxylic acids is 2. The molecule has 0 fully saturated rings. The van der Waals surface area contributed by atoms with E-state index in [-0.39, 0.29) is 10.6 Å². The predicted octanol–water partition coefficient (Wildman–Crippen LogP) is 3.08. The molecule has 0 aromatic heterocycles. The van der Waals surface area contributed by atoms with Gasteiger partial charge in [-0.15, -0.1) is 13.2 Å². The number of hydrogen-bond acceptors (Lipinski definition) is 6. The minimum absolute atomic E-state index is 0.00198. The highest BCUT2D eigenvalue weighted by Crippen LogP contribution is 2.24. The monoisotopic (exact) mass is 474 g/mol. The number of carbonyl (C=O) groups is 2. The number of amides is 1. The Morgan fingerprint density at radius 3 is 2.16 bits per heavy atom. The molecule has 0 saturated heterocycles. The summed E-state index contributed by atoms with van der Waals surface area (Å²) in [5, 5.41) is 2.37. The average molecular weight is 474 g/mol. The quantitative estimate of drug-likeness (QED) is 0.590. The largest absolute Gasteiger partial charge is 0.573 e. The Morgan fingerprint density at radius 1 is 1.06 bits per heavy atom. The number of anilines is 1. The smallest absolute Gasteiger partial charge is 0.452 e. The molecule has 1 amide bonds. The number of esters is 1. The van der Waals surface area contributed by atoms with E-state index >= 15 is 0 Å². The molecule has 0 radical (unpaired) electrons. The summed E-state index contributed by atoms with van der Waals surface area (Å²) in [5.74, 6) is -2.18. The van der Waals surface area contributed by atoms with Crippen molar-refractivity contribution < 1.29 is 40.7 Å². The molecule has 0 heterocycles. The van der Waals surface area contributed by atoms with Crippen LogP contribution in [-0.4, -0.2) is 50.7 Å². The molecule has 2 rings (SSSR count). The van der Waals surface area contributed by atoms with Crippen molar-refractivity contribution in [3.63, 3.8) is 0 Å². The number of sulfonamides is 1. The van der Waals surface area contributed by atoms with Gasteiger partial charge in [0, 0.05) is 12.7 Å². The SMILES string of the molecule is Cc1ccc(S(=O)(=O)N(C)CC(=O)OC(C)C(=O)Nc2ccc(OC(F)(F)F)cc2)cc1. The number of aryl methyl sites for hydroxylation is 1. The molecule has 0 aliphatic rings. The van der Waals surface area contributed by atoms with E-state index in [0.29, 0.717) is 0 Å². The number of rotatable bonds is 8. The van der Waals surface area contributed by atoms with Gasteiger partial charge >= 0.3 is 12.3 Å². The summed E-state index contributed by atoms with van der Waals surface area (Å²) in [5.41, 5.74) is 1.01. The minimum Gasteiger partial charge on any atom is -0.452 e. The molecule has 32 heavy (non-hydrogen) atoms. The first-order chi connectivity index (χ1) is 14.8. The number of nitrogens with zero attached hydrogens (tertiary/aromatic N) is 1. The lowest BCUT2D eigenvalue weighted by molar-refractivity contribution is -0.274. The molecular formula is C20H21F3N2O6S. The molecule has 1 atom stereocenters. The molecular weight excluding hydrogens is 453 g/mol. The van der Waals surface area contributed by atoms with Crippen molar-refractivity contribution in [3.8, 4) is 5.75 Å². The lowest BCUT2D eigenvalue weighted by atomic mass is 10.2. The Morgan fingerprint density at radius 2 is 1.62 bits per heavy atom. The van der Waals surface area contributed by atoms with Crippen LogP contribution in [0.15, 0.2) is 53.4 Å². The zero-order valence-corrected chi connectivity index (χ0v) is 18.2. The van der Waals surface area contributed by atoms with Crippen molar-refractivity contribution >= 4 is 27.6 Å². The lowest BCUT2D eigenvalue weighted by Gasteiger charge is -2.18. The zero-order chi connectivity index (χ0) is 24.1. The van der Waals surface area contributed by atoms with Gasteiger partial charge in [-0.3, -0.25) is 9.59 Å². The summed E-state index contributed by atoms with van der Waals surface area (Å²) in [7, 11) is -2.73. The summed E-state index contributed by atoms with van der Waals surface area (Å²) in [6.07, 6.45) is -6.13. The normalized spacial score (nSPS) is 12.8. The molecule has 174 valence electrons. The summed E-state index contributed by atoms with van der Waals surface area (Å²) in [6.45, 7) is 2.44. The molecule has 2 aromatic rings. The summed E-state index contributed by atoms with van der Waals surface area (Å²) >= 11 is 0. The fourth-order valence-electron chi connectivity index (χ4n) is 2.43. The van der Waals surface area contributed by atoms with Crippen molar-refractivity contribution in [3.05, 3.63) is 54.1 Å². The van der Waals surface area contributed by atoms with Gasteiger partial charge in [-0.1, -0.05) is 17.7 Å². The lowest BCUT2D eigenvalue weighted by Crippen LogP contribution is -2.37. The van der Waals surface area contributed by atoms with Crippen LogP contribution in [0.1, 0.15) is 12.5 Å². The maximum Gasteiger partial charge on any atom is 0.573 e. The van der Waals surface area contributed by atoms with Crippen molar-refractivity contribution in [2.24, 2.45) is 0 Å². The van der Waals surface area contributed by atoms with E-state index in [2.05, 4.69) is 10.1 Å². The fourth-order valence-corrected chi connectivity index (χ4v) is 3.54. The van der Waals surface area contributed by atoms with Gasteiger partial charge in [0.1, 0.15) is 12.3 Å². The van der Waals surface area contributed by atoms with Gasteiger partial charge < -0.3 is 14.8 Å². The number of halogens is 3. The van der Waals surface area contributed by atoms with E-state index in [1.807, 2.05) is 0 Å². The van der Waals surface area contributed by atoms with E-state index in [1.165, 1.54) is 38.2 Å². The van der Waals surface area contributed by atoms with Crippen LogP contribution in [0.4, 0.5) is 18.9 Å². The van der Waals surface area contributed by atoms with Crippen LogP contribution in [0.2, 0.25) is 0 Å². The van der Waals surface area contributed by atoms with Crippen LogP contribution in [0.5, 0.6) is 5.75 Å². The van der Waals surface area contributed by atoms with Gasteiger partial charge in [0.05, 0.1) is 4.90 Å². The first-order valence-corrected chi connectivity index (χ1v) is 10.6. The second-order valence-electron chi connectivity index (χ2n) is 6.77. The standard InChI is InChI=1S/C20H21F3N2O6S/c1-13-4-10-17(11-5-13)32(28,29)25(3)12-18(26)30-14(2)19(27)24-15-6-8-16(9-7-15)31-20(21,22)23/h4-11,14H,12H2,1-3H3,(H,24,27). The van der Waals surface area contributed by atoms with Crippen LogP contribution >= 0.6 is 0 Å². The van der Waals surface area contributed by atoms with E-state index < -0.39 is 46.7 Å². The van der Waals surface area contributed by atoms with Gasteiger partial charge in [0.2, 0.25) is 10.0 Å². The van der Waals surface area contributed by atoms with Crippen LogP contribution in [0.3, 0.4) is 0 Å². The van der Waals surface area contributed by atoms with Crippen LogP contribution < -0.4 is 10.1 Å². The second kappa shape index (κ2) is 10.0. The van der Waals surface area contributed by atoms with E-state index in [9.17, 15) is 31.2 Å². The first kappa shape index (κ1) is 25.1. The zero-order valence-electron chi connectivity index (χ0n) is 17.3. The summed E-state index contributed by atoms with van der Waals surface area (Å²) in [6, 6.07) is 10.4. The fraction of sp³-hybridized carbons (Fsp3) is 0.300. The van der Waals surface area contributed by atoms with Gasteiger partial charge in [-0.2, -0.15) is 4.31 Å². The van der Waals surface area contributed by atoms with Crippen molar-refractivity contribution in [2.45, 2.75) is 31.2 Å². The minimum atomic E-state index is -4.84. The Bertz CT molecular complexity index is 1050. The second-order valence-corrected chi connectivity index (χ2v) is 8.81. The predicted molar refractivity (Wildman–Crippen MR) is 108 cm³/mol. The first-order valence-electron chi connectivity index (χ1n) is 9.17. The molecule has 0 bridgehead atoms. The number of alkyl halides is 3. The average Bonchev–Trinajstić information content (AvgIpc) is 2.68. The Balaban J connectivity index is 1.91. The molecule has 0 spiro atoms. The third-order valence-corrected chi connectivity index (χ3v) is 5.93. The van der Waals surface area contributed by atoms with E-state index in [1.54, 1.807) is 19.1 Å². The number of hydrogen-bond donors (Lipinski definition) is 1. The molecule has 8 nitrogen and oxygen atoms in total. The van der Waals surface area contributed by atoms with Gasteiger partial charge in [0.25, 0.3) is 5.91 Å². The molecule has 2 aromatic carbocycles. The molecule has 0 saturated carbocycles. The molecule has 0 aliphatic heterocycles. The summed E-state index contributed by atoms with van der Waals surface area (Å²) in [4.78, 5) is 24.3. The maximum atomic E-state index is 12.5. The van der Waals surface area contributed by atoms with Crippen LogP contribution in [0.25, 0.3) is 0 Å². The number of nitrogens with one attached hydrogen (secondary N) is 1. The van der Waals surface area contributed by atoms with Gasteiger partial charge in [0.15, 0.2) is 6.10 Å². The van der Waals surface area contributed by atoms with E-state index in [4.69, 9.17) is 4.74 Å². The summed E-state index contributed by atoms with van der Waals surface area (Å²) < 4.78 is 71.0. The maximum absolute atomic E-state index is 12.5. The number of benzene rings is 2.